The van der Waals surface area contributed by atoms with E-state index in [1.54, 1.807) is 38.5 Å². The molecule has 166 valence electrons. The number of hydrogen-bond donors (Lipinski definition) is 3. The topological polar surface area (TPSA) is 123 Å². The normalized spacial score (nSPS) is 17.4. The Morgan fingerprint density at radius 3 is 2.30 bits per heavy atom. The van der Waals surface area contributed by atoms with Crippen molar-refractivity contribution in [2.24, 2.45) is 0 Å². The van der Waals surface area contributed by atoms with Gasteiger partial charge in [0.1, 0.15) is 17.8 Å². The first-order valence-corrected chi connectivity index (χ1v) is 9.87. The van der Waals surface area contributed by atoms with Gasteiger partial charge in [0.25, 0.3) is 0 Å². The highest BCUT2D eigenvalue weighted by Crippen LogP contribution is 2.28. The zero-order valence-corrected chi connectivity index (χ0v) is 17.6. The van der Waals surface area contributed by atoms with E-state index in [4.69, 9.17) is 14.2 Å². The minimum absolute atomic E-state index is 0.110. The molecule has 1 aliphatic heterocycles. The van der Waals surface area contributed by atoms with Gasteiger partial charge in [0.2, 0.25) is 11.8 Å². The van der Waals surface area contributed by atoms with Gasteiger partial charge in [-0.2, -0.15) is 0 Å². The number of benzene rings is 1. The standard InChI is InChI=1S/C21H30N2O7/c1-14(22-18(24)13-21(29-3)8-10-30-11-9-21)19(25)23-17(20(26)27)12-15-4-6-16(28-2)7-5-15/h4-7,14,17H,8-13H2,1-3H3,(H,22,24)(H,23,25)(H,26,27)/t14-,17-/m0/s1. The Morgan fingerprint density at radius 1 is 1.13 bits per heavy atom. The number of amides is 2. The molecular weight excluding hydrogens is 392 g/mol. The molecule has 0 unspecified atom stereocenters. The fourth-order valence-electron chi connectivity index (χ4n) is 3.34. The van der Waals surface area contributed by atoms with E-state index in [2.05, 4.69) is 10.6 Å². The molecule has 0 saturated carbocycles. The summed E-state index contributed by atoms with van der Waals surface area (Å²) in [5.74, 6) is -1.39. The second kappa shape index (κ2) is 10.9. The van der Waals surface area contributed by atoms with E-state index in [1.165, 1.54) is 6.92 Å². The molecule has 0 radical (unpaired) electrons. The molecule has 2 amide bonds. The Balaban J connectivity index is 1.91. The second-order valence-electron chi connectivity index (χ2n) is 7.42. The van der Waals surface area contributed by atoms with E-state index in [1.807, 2.05) is 0 Å². The summed E-state index contributed by atoms with van der Waals surface area (Å²) in [6.07, 6.45) is 1.41. The quantitative estimate of drug-likeness (QED) is 0.512. The summed E-state index contributed by atoms with van der Waals surface area (Å²) in [4.78, 5) is 36.5. The van der Waals surface area contributed by atoms with Gasteiger partial charge >= 0.3 is 5.97 Å². The maximum absolute atomic E-state index is 12.5. The minimum Gasteiger partial charge on any atom is -0.497 e. The van der Waals surface area contributed by atoms with Crippen molar-refractivity contribution >= 4 is 17.8 Å². The van der Waals surface area contributed by atoms with E-state index >= 15 is 0 Å². The van der Waals surface area contributed by atoms with Crippen molar-refractivity contribution < 1.29 is 33.7 Å². The first kappa shape index (κ1) is 23.6. The van der Waals surface area contributed by atoms with Crippen LogP contribution in [0.15, 0.2) is 24.3 Å². The summed E-state index contributed by atoms with van der Waals surface area (Å²) in [5, 5.41) is 14.6. The summed E-state index contributed by atoms with van der Waals surface area (Å²) in [7, 11) is 3.10. The molecule has 2 rings (SSSR count). The van der Waals surface area contributed by atoms with Crippen molar-refractivity contribution in [2.75, 3.05) is 27.4 Å². The van der Waals surface area contributed by atoms with Crippen LogP contribution in [-0.2, 0) is 30.3 Å². The molecule has 0 aromatic heterocycles. The second-order valence-corrected chi connectivity index (χ2v) is 7.42. The number of aliphatic carboxylic acids is 1. The van der Waals surface area contributed by atoms with Crippen molar-refractivity contribution in [1.82, 2.24) is 10.6 Å². The monoisotopic (exact) mass is 422 g/mol. The number of carboxylic acid groups (broad SMARTS) is 1. The molecule has 0 bridgehead atoms. The van der Waals surface area contributed by atoms with Gasteiger partial charge in [0, 0.05) is 39.6 Å². The van der Waals surface area contributed by atoms with Gasteiger partial charge in [-0.05, 0) is 24.6 Å². The van der Waals surface area contributed by atoms with Crippen LogP contribution >= 0.6 is 0 Å². The fraction of sp³-hybridized carbons (Fsp3) is 0.571. The maximum atomic E-state index is 12.5. The molecule has 9 heteroatoms. The van der Waals surface area contributed by atoms with Crippen LogP contribution in [0.3, 0.4) is 0 Å². The van der Waals surface area contributed by atoms with Crippen molar-refractivity contribution in [3.05, 3.63) is 29.8 Å². The van der Waals surface area contributed by atoms with Crippen molar-refractivity contribution in [2.45, 2.75) is 50.3 Å². The van der Waals surface area contributed by atoms with Gasteiger partial charge in [-0.25, -0.2) is 4.79 Å². The molecule has 3 N–H and O–H groups in total. The van der Waals surface area contributed by atoms with Gasteiger partial charge in [-0.1, -0.05) is 12.1 Å². The number of rotatable bonds is 10. The minimum atomic E-state index is -1.15. The largest absolute Gasteiger partial charge is 0.497 e. The Bertz CT molecular complexity index is 729. The highest BCUT2D eigenvalue weighted by atomic mass is 16.5. The number of carbonyl (C=O) groups excluding carboxylic acids is 2. The molecule has 1 aliphatic rings. The molecule has 30 heavy (non-hydrogen) atoms. The predicted molar refractivity (Wildman–Crippen MR) is 108 cm³/mol. The predicted octanol–water partition coefficient (Wildman–Crippen LogP) is 0.898. The molecule has 1 aromatic carbocycles. The van der Waals surface area contributed by atoms with E-state index in [-0.39, 0.29) is 18.7 Å². The number of carboxylic acids is 1. The maximum Gasteiger partial charge on any atom is 0.326 e. The van der Waals surface area contributed by atoms with Crippen LogP contribution in [0.2, 0.25) is 0 Å². The average Bonchev–Trinajstić information content (AvgIpc) is 2.74. The molecule has 2 atom stereocenters. The van der Waals surface area contributed by atoms with Crippen LogP contribution in [0, 0.1) is 0 Å². The third-order valence-electron chi connectivity index (χ3n) is 5.30. The number of ether oxygens (including phenoxy) is 3. The molecular formula is C21H30N2O7. The highest BCUT2D eigenvalue weighted by molar-refractivity contribution is 5.90. The van der Waals surface area contributed by atoms with Gasteiger partial charge in [-0.3, -0.25) is 9.59 Å². The van der Waals surface area contributed by atoms with Crippen molar-refractivity contribution in [1.29, 1.82) is 0 Å². The molecule has 1 heterocycles. The molecule has 1 saturated heterocycles. The SMILES string of the molecule is COc1ccc(C[C@H](NC(=O)[C@H](C)NC(=O)CC2(OC)CCOCC2)C(=O)O)cc1. The lowest BCUT2D eigenvalue weighted by molar-refractivity contribution is -0.142. The third kappa shape index (κ3) is 6.70. The van der Waals surface area contributed by atoms with Crippen LogP contribution in [0.25, 0.3) is 0 Å². The first-order valence-electron chi connectivity index (χ1n) is 9.87. The van der Waals surface area contributed by atoms with Gasteiger partial charge in [0.05, 0.1) is 19.1 Å². The third-order valence-corrected chi connectivity index (χ3v) is 5.30. The van der Waals surface area contributed by atoms with Crippen LogP contribution in [0.1, 0.15) is 31.7 Å². The van der Waals surface area contributed by atoms with Gasteiger partial charge in [0.15, 0.2) is 0 Å². The van der Waals surface area contributed by atoms with Crippen molar-refractivity contribution in [3.8, 4) is 5.75 Å². The molecule has 1 fully saturated rings. The van der Waals surface area contributed by atoms with Crippen LogP contribution in [0.5, 0.6) is 5.75 Å². The molecule has 0 aliphatic carbocycles. The van der Waals surface area contributed by atoms with Crippen LogP contribution in [0.4, 0.5) is 0 Å². The summed E-state index contributed by atoms with van der Waals surface area (Å²) in [5.41, 5.74) is 0.137. The van der Waals surface area contributed by atoms with E-state index in [9.17, 15) is 19.5 Å². The van der Waals surface area contributed by atoms with E-state index < -0.39 is 29.6 Å². The Hall–Kier alpha value is -2.65. The molecule has 1 aromatic rings. The molecule has 0 spiro atoms. The van der Waals surface area contributed by atoms with E-state index in [0.717, 1.165) is 5.56 Å². The van der Waals surface area contributed by atoms with Gasteiger partial charge in [-0.15, -0.1) is 0 Å². The number of nitrogens with one attached hydrogen (secondary N) is 2. The lowest BCUT2D eigenvalue weighted by atomic mass is 9.90. The van der Waals surface area contributed by atoms with Crippen LogP contribution in [-0.4, -0.2) is 68.0 Å². The molecule has 9 nitrogen and oxygen atoms in total. The zero-order valence-electron chi connectivity index (χ0n) is 17.6. The first-order chi connectivity index (χ1) is 14.3. The van der Waals surface area contributed by atoms with Crippen molar-refractivity contribution in [3.63, 3.8) is 0 Å². The Labute approximate surface area is 176 Å². The summed E-state index contributed by atoms with van der Waals surface area (Å²) in [6, 6.07) is 4.92. The smallest absolute Gasteiger partial charge is 0.326 e. The number of hydrogen-bond acceptors (Lipinski definition) is 6. The van der Waals surface area contributed by atoms with Crippen LogP contribution < -0.4 is 15.4 Å². The Kier molecular flexibility index (Phi) is 8.61. The highest BCUT2D eigenvalue weighted by Gasteiger charge is 2.35. The zero-order chi connectivity index (χ0) is 22.1. The number of methoxy groups -OCH3 is 2. The number of carbonyl (C=O) groups is 3. The fourth-order valence-corrected chi connectivity index (χ4v) is 3.34. The lowest BCUT2D eigenvalue weighted by Crippen LogP contribution is -2.52. The summed E-state index contributed by atoms with van der Waals surface area (Å²) in [6.45, 7) is 2.55. The lowest BCUT2D eigenvalue weighted by Gasteiger charge is -2.35. The van der Waals surface area contributed by atoms with Gasteiger partial charge < -0.3 is 30.0 Å². The Morgan fingerprint density at radius 2 is 1.77 bits per heavy atom. The average molecular weight is 422 g/mol. The summed E-state index contributed by atoms with van der Waals surface area (Å²) >= 11 is 0. The summed E-state index contributed by atoms with van der Waals surface area (Å²) < 4.78 is 15.9. The van der Waals surface area contributed by atoms with E-state index in [0.29, 0.717) is 31.8 Å².